The summed E-state index contributed by atoms with van der Waals surface area (Å²) in [5, 5.41) is 15.0. The van der Waals surface area contributed by atoms with Crippen LogP contribution in [0.25, 0.3) is 16.9 Å². The summed E-state index contributed by atoms with van der Waals surface area (Å²) in [5.41, 5.74) is 9.43. The third-order valence-electron chi connectivity index (χ3n) is 5.75. The van der Waals surface area contributed by atoms with Crippen molar-refractivity contribution in [1.82, 2.24) is 20.0 Å². The van der Waals surface area contributed by atoms with Gasteiger partial charge in [-0.05, 0) is 72.1 Å². The van der Waals surface area contributed by atoms with Gasteiger partial charge in [0.2, 0.25) is 0 Å². The van der Waals surface area contributed by atoms with Crippen LogP contribution in [-0.2, 0) is 6.42 Å². The van der Waals surface area contributed by atoms with Crippen LogP contribution in [0.5, 0.6) is 5.75 Å². The molecule has 0 radical (unpaired) electrons. The molecule has 1 atom stereocenters. The number of carbonyl (C=O) groups excluding carboxylic acids is 2. The number of hydrogen-bond donors (Lipinski definition) is 3. The fourth-order valence-corrected chi connectivity index (χ4v) is 4.44. The number of imidazole rings is 1. The summed E-state index contributed by atoms with van der Waals surface area (Å²) in [6.45, 7) is 3.87. The van der Waals surface area contributed by atoms with Crippen molar-refractivity contribution in [3.05, 3.63) is 88.2 Å². The van der Waals surface area contributed by atoms with E-state index in [-0.39, 0.29) is 24.1 Å². The van der Waals surface area contributed by atoms with Crippen LogP contribution in [0.3, 0.4) is 0 Å². The standard InChI is InChI=1S/C28H27BrN6O3/c1-17(2)38-25-10-9-20(13-21(25)14-30)27(36)33-22(15-32-28(31)37)12-18-5-7-19(8-6-18)24-16-35-11-3-4-23(29)26(35)34-24/h3-11,13,16-17,22H,12,15H2,1-2H3,(H,33,36)(H3,31,32,37)/t22-/m0/s1. The van der Waals surface area contributed by atoms with E-state index < -0.39 is 12.1 Å². The number of nitrogens with zero attached hydrogens (tertiary/aromatic N) is 3. The van der Waals surface area contributed by atoms with E-state index in [1.807, 2.05) is 67.0 Å². The molecule has 0 saturated heterocycles. The van der Waals surface area contributed by atoms with Crippen LogP contribution in [0.2, 0.25) is 0 Å². The highest BCUT2D eigenvalue weighted by molar-refractivity contribution is 9.10. The van der Waals surface area contributed by atoms with Crippen molar-refractivity contribution in [2.45, 2.75) is 32.4 Å². The predicted octanol–water partition coefficient (Wildman–Crippen LogP) is 4.43. The van der Waals surface area contributed by atoms with Gasteiger partial charge >= 0.3 is 6.03 Å². The first kappa shape index (κ1) is 26.7. The average molecular weight is 575 g/mol. The molecule has 0 aliphatic rings. The molecule has 3 amide bonds. The van der Waals surface area contributed by atoms with E-state index in [1.165, 1.54) is 6.07 Å². The lowest BCUT2D eigenvalue weighted by Gasteiger charge is -2.20. The summed E-state index contributed by atoms with van der Waals surface area (Å²) in [5.74, 6) is 0.0461. The number of aromatic nitrogens is 2. The molecule has 0 aliphatic carbocycles. The Bertz CT molecular complexity index is 1510. The van der Waals surface area contributed by atoms with Crippen LogP contribution >= 0.6 is 15.9 Å². The third-order valence-corrected chi connectivity index (χ3v) is 6.37. The molecule has 4 N–H and O–H groups in total. The highest BCUT2D eigenvalue weighted by atomic mass is 79.9. The summed E-state index contributed by atoms with van der Waals surface area (Å²) >= 11 is 3.52. The second kappa shape index (κ2) is 11.8. The normalized spacial score (nSPS) is 11.7. The number of nitriles is 1. The van der Waals surface area contributed by atoms with Crippen molar-refractivity contribution in [3.8, 4) is 23.1 Å². The minimum atomic E-state index is -0.681. The van der Waals surface area contributed by atoms with E-state index >= 15 is 0 Å². The zero-order chi connectivity index (χ0) is 27.2. The van der Waals surface area contributed by atoms with Gasteiger partial charge in [-0.25, -0.2) is 9.78 Å². The quantitative estimate of drug-likeness (QED) is 0.272. The topological polar surface area (TPSA) is 135 Å². The van der Waals surface area contributed by atoms with Gasteiger partial charge in [0, 0.05) is 30.1 Å². The third kappa shape index (κ3) is 6.49. The van der Waals surface area contributed by atoms with Gasteiger partial charge in [0.1, 0.15) is 11.8 Å². The molecule has 2 heterocycles. The highest BCUT2D eigenvalue weighted by Crippen LogP contribution is 2.24. The van der Waals surface area contributed by atoms with Gasteiger partial charge < -0.3 is 25.5 Å². The molecular weight excluding hydrogens is 548 g/mol. The number of benzene rings is 2. The minimum absolute atomic E-state index is 0.105. The maximum Gasteiger partial charge on any atom is 0.312 e. The van der Waals surface area contributed by atoms with Gasteiger partial charge in [-0.15, -0.1) is 0 Å². The van der Waals surface area contributed by atoms with Gasteiger partial charge in [-0.3, -0.25) is 4.79 Å². The Balaban J connectivity index is 1.49. The van der Waals surface area contributed by atoms with Gasteiger partial charge in [0.25, 0.3) is 5.91 Å². The summed E-state index contributed by atoms with van der Waals surface area (Å²) in [6, 6.07) is 17.4. The van der Waals surface area contributed by atoms with Gasteiger partial charge in [0.15, 0.2) is 5.65 Å². The number of carbonyl (C=O) groups is 2. The molecule has 2 aromatic carbocycles. The zero-order valence-electron chi connectivity index (χ0n) is 20.9. The molecule has 0 aliphatic heterocycles. The van der Waals surface area contributed by atoms with E-state index in [2.05, 4.69) is 32.6 Å². The monoisotopic (exact) mass is 574 g/mol. The number of pyridine rings is 1. The molecule has 4 aromatic rings. The molecular formula is C28H27BrN6O3. The van der Waals surface area contributed by atoms with Crippen molar-refractivity contribution in [1.29, 1.82) is 5.26 Å². The number of urea groups is 1. The van der Waals surface area contributed by atoms with Crippen LogP contribution in [0.15, 0.2) is 71.5 Å². The average Bonchev–Trinajstić information content (AvgIpc) is 3.33. The molecule has 2 aromatic heterocycles. The SMILES string of the molecule is CC(C)Oc1ccc(C(=O)N[C@H](CNC(N)=O)Cc2ccc(-c3cn4cccc(Br)c4n3)cc2)cc1C#N. The summed E-state index contributed by atoms with van der Waals surface area (Å²) in [7, 11) is 0. The van der Waals surface area contributed by atoms with Crippen LogP contribution in [0.4, 0.5) is 4.79 Å². The van der Waals surface area contributed by atoms with Crippen LogP contribution < -0.4 is 21.1 Å². The number of nitrogens with two attached hydrogens (primary N) is 1. The molecule has 4 rings (SSSR count). The molecule has 0 saturated carbocycles. The number of amides is 3. The van der Waals surface area contributed by atoms with Crippen molar-refractivity contribution >= 4 is 33.5 Å². The van der Waals surface area contributed by atoms with Crippen molar-refractivity contribution in [3.63, 3.8) is 0 Å². The Labute approximate surface area is 228 Å². The van der Waals surface area contributed by atoms with Crippen LogP contribution in [0.1, 0.15) is 35.3 Å². The molecule has 0 spiro atoms. The fraction of sp³-hybridized carbons (Fsp3) is 0.214. The maximum atomic E-state index is 13.0. The van der Waals surface area contributed by atoms with E-state index in [0.717, 1.165) is 26.9 Å². The lowest BCUT2D eigenvalue weighted by Crippen LogP contribution is -2.46. The number of nitrogens with one attached hydrogen (secondary N) is 2. The number of ether oxygens (including phenoxy) is 1. The van der Waals surface area contributed by atoms with Crippen LogP contribution in [0, 0.1) is 11.3 Å². The van der Waals surface area contributed by atoms with E-state index in [4.69, 9.17) is 15.5 Å². The van der Waals surface area contributed by atoms with E-state index in [1.54, 1.807) is 12.1 Å². The minimum Gasteiger partial charge on any atom is -0.490 e. The predicted molar refractivity (Wildman–Crippen MR) is 148 cm³/mol. The zero-order valence-corrected chi connectivity index (χ0v) is 22.5. The number of rotatable bonds is 9. The van der Waals surface area contributed by atoms with Gasteiger partial charge in [-0.1, -0.05) is 24.3 Å². The van der Waals surface area contributed by atoms with Crippen molar-refractivity contribution in [2.24, 2.45) is 5.73 Å². The van der Waals surface area contributed by atoms with Crippen molar-refractivity contribution < 1.29 is 14.3 Å². The number of halogens is 1. The lowest BCUT2D eigenvalue weighted by atomic mass is 10.0. The van der Waals surface area contributed by atoms with Crippen molar-refractivity contribution in [2.75, 3.05) is 6.54 Å². The van der Waals surface area contributed by atoms with Crippen LogP contribution in [-0.4, -0.2) is 40.0 Å². The Morgan fingerprint density at radius 1 is 1.18 bits per heavy atom. The number of hydrogen-bond acceptors (Lipinski definition) is 5. The molecule has 10 heteroatoms. The summed E-state index contributed by atoms with van der Waals surface area (Å²) in [6.07, 6.45) is 4.24. The summed E-state index contributed by atoms with van der Waals surface area (Å²) < 4.78 is 8.50. The second-order valence-electron chi connectivity index (χ2n) is 9.02. The molecule has 0 fully saturated rings. The Kier molecular flexibility index (Phi) is 8.28. The largest absolute Gasteiger partial charge is 0.490 e. The highest BCUT2D eigenvalue weighted by Gasteiger charge is 2.18. The Hall–Kier alpha value is -4.36. The van der Waals surface area contributed by atoms with E-state index in [0.29, 0.717) is 17.7 Å². The first-order valence-electron chi connectivity index (χ1n) is 12.0. The Morgan fingerprint density at radius 3 is 2.61 bits per heavy atom. The fourth-order valence-electron chi connectivity index (χ4n) is 4.00. The maximum absolute atomic E-state index is 13.0. The molecule has 194 valence electrons. The smallest absolute Gasteiger partial charge is 0.312 e. The number of fused-ring (bicyclic) bond motifs is 1. The Morgan fingerprint density at radius 2 is 1.95 bits per heavy atom. The molecule has 0 unspecified atom stereocenters. The molecule has 9 nitrogen and oxygen atoms in total. The first-order chi connectivity index (χ1) is 18.2. The van der Waals surface area contributed by atoms with E-state index in [9.17, 15) is 14.9 Å². The molecule has 0 bridgehead atoms. The van der Waals surface area contributed by atoms with Gasteiger partial charge in [-0.2, -0.15) is 5.26 Å². The van der Waals surface area contributed by atoms with Gasteiger partial charge in [0.05, 0.1) is 27.9 Å². The molecule has 38 heavy (non-hydrogen) atoms. The number of primary amides is 1. The first-order valence-corrected chi connectivity index (χ1v) is 12.8. The summed E-state index contributed by atoms with van der Waals surface area (Å²) in [4.78, 5) is 29.1. The second-order valence-corrected chi connectivity index (χ2v) is 9.87. The lowest BCUT2D eigenvalue weighted by molar-refractivity contribution is 0.0936.